The SMILES string of the molecule is CC(C)c1cccc(C(C)C)c1/N=C(\c1ccccc1)c1nc2ccccc2o1. The minimum Gasteiger partial charge on any atom is -0.435 e. The van der Waals surface area contributed by atoms with Crippen LogP contribution < -0.4 is 0 Å². The molecule has 29 heavy (non-hydrogen) atoms. The number of nitrogens with zero attached hydrogens (tertiary/aromatic N) is 2. The molecule has 0 unspecified atom stereocenters. The molecule has 0 saturated heterocycles. The van der Waals surface area contributed by atoms with Gasteiger partial charge in [-0.3, -0.25) is 0 Å². The summed E-state index contributed by atoms with van der Waals surface area (Å²) in [5.41, 5.74) is 6.86. The first-order valence-electron chi connectivity index (χ1n) is 10.2. The van der Waals surface area contributed by atoms with Crippen LogP contribution in [0.2, 0.25) is 0 Å². The van der Waals surface area contributed by atoms with Gasteiger partial charge in [0.1, 0.15) is 11.2 Å². The molecule has 0 N–H and O–H groups in total. The van der Waals surface area contributed by atoms with Crippen LogP contribution in [0.4, 0.5) is 5.69 Å². The van der Waals surface area contributed by atoms with Gasteiger partial charge in [0.2, 0.25) is 5.89 Å². The zero-order valence-electron chi connectivity index (χ0n) is 17.4. The van der Waals surface area contributed by atoms with Crippen LogP contribution in [0.3, 0.4) is 0 Å². The van der Waals surface area contributed by atoms with E-state index >= 15 is 0 Å². The Labute approximate surface area is 172 Å². The van der Waals surface area contributed by atoms with Gasteiger partial charge in [0.25, 0.3) is 0 Å². The molecule has 0 bridgehead atoms. The summed E-state index contributed by atoms with van der Waals surface area (Å²) in [5, 5.41) is 0. The fraction of sp³-hybridized carbons (Fsp3) is 0.231. The summed E-state index contributed by atoms with van der Waals surface area (Å²) in [6.07, 6.45) is 0. The second kappa shape index (κ2) is 8.04. The molecule has 0 aliphatic heterocycles. The van der Waals surface area contributed by atoms with E-state index in [1.165, 1.54) is 11.1 Å². The lowest BCUT2D eigenvalue weighted by Gasteiger charge is -2.17. The number of oxazole rings is 1. The third-order valence-electron chi connectivity index (χ3n) is 5.11. The molecule has 0 aliphatic carbocycles. The molecular weight excluding hydrogens is 356 g/mol. The van der Waals surface area contributed by atoms with Gasteiger partial charge in [-0.15, -0.1) is 0 Å². The summed E-state index contributed by atoms with van der Waals surface area (Å²) in [6, 6.07) is 24.5. The lowest BCUT2D eigenvalue weighted by molar-refractivity contribution is 0.590. The van der Waals surface area contributed by atoms with Crippen molar-refractivity contribution in [1.29, 1.82) is 0 Å². The molecule has 4 aromatic rings. The van der Waals surface area contributed by atoms with Gasteiger partial charge in [-0.05, 0) is 35.1 Å². The molecule has 146 valence electrons. The van der Waals surface area contributed by atoms with E-state index in [1.54, 1.807) is 0 Å². The average Bonchev–Trinajstić information content (AvgIpc) is 3.16. The molecule has 0 fully saturated rings. The molecule has 0 spiro atoms. The van der Waals surface area contributed by atoms with Gasteiger partial charge < -0.3 is 4.42 Å². The van der Waals surface area contributed by atoms with Crippen LogP contribution in [0.1, 0.15) is 62.1 Å². The van der Waals surface area contributed by atoms with Crippen LogP contribution in [0.5, 0.6) is 0 Å². The highest BCUT2D eigenvalue weighted by atomic mass is 16.3. The second-order valence-electron chi connectivity index (χ2n) is 7.91. The Bertz CT molecular complexity index is 1090. The molecule has 0 atom stereocenters. The first-order chi connectivity index (χ1) is 14.0. The van der Waals surface area contributed by atoms with Crippen molar-refractivity contribution < 1.29 is 4.42 Å². The molecule has 3 heteroatoms. The van der Waals surface area contributed by atoms with E-state index in [2.05, 4.69) is 58.0 Å². The van der Waals surface area contributed by atoms with Crippen molar-refractivity contribution in [2.75, 3.05) is 0 Å². The molecule has 3 nitrogen and oxygen atoms in total. The maximum absolute atomic E-state index is 6.12. The number of fused-ring (bicyclic) bond motifs is 1. The fourth-order valence-corrected chi connectivity index (χ4v) is 3.56. The monoisotopic (exact) mass is 382 g/mol. The molecule has 0 aliphatic rings. The van der Waals surface area contributed by atoms with E-state index in [-0.39, 0.29) is 0 Å². The Morgan fingerprint density at radius 1 is 0.759 bits per heavy atom. The summed E-state index contributed by atoms with van der Waals surface area (Å²) >= 11 is 0. The highest BCUT2D eigenvalue weighted by Gasteiger charge is 2.19. The quantitative estimate of drug-likeness (QED) is 0.341. The average molecular weight is 383 g/mol. The van der Waals surface area contributed by atoms with Crippen molar-refractivity contribution in [2.24, 2.45) is 4.99 Å². The molecule has 1 aromatic heterocycles. The van der Waals surface area contributed by atoms with Gasteiger partial charge in [0, 0.05) is 5.56 Å². The largest absolute Gasteiger partial charge is 0.435 e. The molecule has 1 heterocycles. The number of aromatic nitrogens is 1. The highest BCUT2D eigenvalue weighted by Crippen LogP contribution is 2.36. The Balaban J connectivity index is 1.99. The second-order valence-corrected chi connectivity index (χ2v) is 7.91. The fourth-order valence-electron chi connectivity index (χ4n) is 3.56. The molecule has 0 amide bonds. The molecular formula is C26H26N2O. The van der Waals surface area contributed by atoms with Crippen molar-refractivity contribution in [3.63, 3.8) is 0 Å². The predicted molar refractivity (Wildman–Crippen MR) is 120 cm³/mol. The van der Waals surface area contributed by atoms with Crippen LogP contribution in [0.25, 0.3) is 11.1 Å². The van der Waals surface area contributed by atoms with Crippen LogP contribution in [0, 0.1) is 0 Å². The van der Waals surface area contributed by atoms with Crippen LogP contribution in [-0.2, 0) is 0 Å². The van der Waals surface area contributed by atoms with E-state index in [4.69, 9.17) is 14.4 Å². The zero-order valence-corrected chi connectivity index (χ0v) is 17.4. The summed E-state index contributed by atoms with van der Waals surface area (Å²) < 4.78 is 6.12. The number of rotatable bonds is 5. The minimum absolute atomic E-state index is 0.369. The van der Waals surface area contributed by atoms with Crippen LogP contribution in [0.15, 0.2) is 82.2 Å². The Kier molecular flexibility index (Phi) is 5.30. The summed E-state index contributed by atoms with van der Waals surface area (Å²) in [5.74, 6) is 1.28. The Morgan fingerprint density at radius 3 is 2.00 bits per heavy atom. The van der Waals surface area contributed by atoms with Crippen molar-refractivity contribution in [3.8, 4) is 0 Å². The summed E-state index contributed by atoms with van der Waals surface area (Å²) in [4.78, 5) is 9.93. The van der Waals surface area contributed by atoms with E-state index < -0.39 is 0 Å². The van der Waals surface area contributed by atoms with Crippen LogP contribution >= 0.6 is 0 Å². The Morgan fingerprint density at radius 2 is 1.38 bits per heavy atom. The third-order valence-corrected chi connectivity index (χ3v) is 5.11. The molecule has 0 radical (unpaired) electrons. The first-order valence-corrected chi connectivity index (χ1v) is 10.2. The normalized spacial score (nSPS) is 12.3. The van der Waals surface area contributed by atoms with Gasteiger partial charge in [0.15, 0.2) is 5.58 Å². The van der Waals surface area contributed by atoms with E-state index in [0.29, 0.717) is 17.7 Å². The minimum atomic E-state index is 0.369. The number of hydrogen-bond donors (Lipinski definition) is 0. The Hall–Kier alpha value is -3.20. The van der Waals surface area contributed by atoms with E-state index in [1.807, 2.05) is 42.5 Å². The van der Waals surface area contributed by atoms with Gasteiger partial charge >= 0.3 is 0 Å². The topological polar surface area (TPSA) is 38.4 Å². The third kappa shape index (κ3) is 3.86. The smallest absolute Gasteiger partial charge is 0.246 e. The number of aliphatic imine (C=N–C) groups is 1. The van der Waals surface area contributed by atoms with Gasteiger partial charge in [0.05, 0.1) is 5.69 Å². The van der Waals surface area contributed by atoms with Gasteiger partial charge in [-0.1, -0.05) is 88.4 Å². The standard InChI is InChI=1S/C26H26N2O/c1-17(2)20-13-10-14-21(18(3)4)25(20)28-24(19-11-6-5-7-12-19)26-27-22-15-8-9-16-23(22)29-26/h5-18H,1-4H3/b28-24+. The number of hydrogen-bond acceptors (Lipinski definition) is 3. The van der Waals surface area contributed by atoms with Crippen molar-refractivity contribution in [2.45, 2.75) is 39.5 Å². The van der Waals surface area contributed by atoms with E-state index in [0.717, 1.165) is 28.1 Å². The zero-order chi connectivity index (χ0) is 20.4. The van der Waals surface area contributed by atoms with E-state index in [9.17, 15) is 0 Å². The molecule has 0 saturated carbocycles. The van der Waals surface area contributed by atoms with Crippen molar-refractivity contribution >= 4 is 22.5 Å². The summed E-state index contributed by atoms with van der Waals surface area (Å²) in [6.45, 7) is 8.83. The van der Waals surface area contributed by atoms with Crippen LogP contribution in [-0.4, -0.2) is 10.7 Å². The van der Waals surface area contributed by atoms with Crippen molar-refractivity contribution in [1.82, 2.24) is 4.98 Å². The molecule has 3 aromatic carbocycles. The number of para-hydroxylation sites is 3. The highest BCUT2D eigenvalue weighted by molar-refractivity contribution is 6.12. The maximum Gasteiger partial charge on any atom is 0.246 e. The molecule has 4 rings (SSSR count). The van der Waals surface area contributed by atoms with Crippen molar-refractivity contribution in [3.05, 3.63) is 95.4 Å². The predicted octanol–water partition coefficient (Wildman–Crippen LogP) is 7.24. The number of benzene rings is 3. The van der Waals surface area contributed by atoms with Gasteiger partial charge in [-0.25, -0.2) is 9.98 Å². The summed E-state index contributed by atoms with van der Waals surface area (Å²) in [7, 11) is 0. The maximum atomic E-state index is 6.12. The lowest BCUT2D eigenvalue weighted by Crippen LogP contribution is -2.05. The lowest BCUT2D eigenvalue weighted by atomic mass is 9.92. The van der Waals surface area contributed by atoms with Gasteiger partial charge in [-0.2, -0.15) is 0 Å². The first kappa shape index (κ1) is 19.1.